The Hall–Kier alpha value is -2.22. The molecule has 0 radical (unpaired) electrons. The minimum atomic E-state index is -3.00. The van der Waals surface area contributed by atoms with Crippen molar-refractivity contribution in [3.63, 3.8) is 0 Å². The number of aryl methyl sites for hydroxylation is 1. The number of hydrogen-bond donors (Lipinski definition) is 1. The van der Waals surface area contributed by atoms with Gasteiger partial charge in [0, 0.05) is 17.3 Å². The van der Waals surface area contributed by atoms with Gasteiger partial charge in [0.2, 0.25) is 0 Å². The molecule has 4 rings (SSSR count). The molecule has 7 nitrogen and oxygen atoms in total. The minimum absolute atomic E-state index is 0.106. The number of sulfone groups is 1. The van der Waals surface area contributed by atoms with Crippen LogP contribution in [0.25, 0.3) is 0 Å². The molecule has 8 heteroatoms. The van der Waals surface area contributed by atoms with Gasteiger partial charge in [-0.25, -0.2) is 13.4 Å². The highest BCUT2D eigenvalue weighted by molar-refractivity contribution is 7.91. The Labute approximate surface area is 146 Å². The fourth-order valence-corrected chi connectivity index (χ4v) is 4.95. The van der Waals surface area contributed by atoms with Gasteiger partial charge >= 0.3 is 0 Å². The number of amides is 1. The number of hydrogen-bond acceptors (Lipinski definition) is 5. The average molecular weight is 360 g/mol. The molecule has 132 valence electrons. The van der Waals surface area contributed by atoms with E-state index in [1.54, 1.807) is 16.8 Å². The van der Waals surface area contributed by atoms with Crippen molar-refractivity contribution < 1.29 is 13.2 Å². The molecule has 2 aliphatic rings. The number of nitrogens with zero attached hydrogens (tertiary/aromatic N) is 3. The van der Waals surface area contributed by atoms with Crippen molar-refractivity contribution in [2.75, 3.05) is 16.8 Å². The van der Waals surface area contributed by atoms with Gasteiger partial charge < -0.3 is 5.32 Å². The van der Waals surface area contributed by atoms with Crippen molar-refractivity contribution >= 4 is 21.6 Å². The van der Waals surface area contributed by atoms with E-state index in [2.05, 4.69) is 15.4 Å². The Morgan fingerprint density at radius 2 is 2.08 bits per heavy atom. The zero-order chi connectivity index (χ0) is 17.6. The van der Waals surface area contributed by atoms with Crippen LogP contribution >= 0.6 is 0 Å². The Balaban J connectivity index is 1.60. The van der Waals surface area contributed by atoms with Crippen LogP contribution < -0.4 is 5.32 Å². The Bertz CT molecular complexity index is 931. The lowest BCUT2D eigenvalue weighted by molar-refractivity contribution is 0.102. The molecule has 25 heavy (non-hydrogen) atoms. The van der Waals surface area contributed by atoms with E-state index in [1.807, 2.05) is 19.1 Å². The average Bonchev–Trinajstić information content (AvgIpc) is 3.19. The molecule has 1 aliphatic carbocycles. The molecule has 1 saturated heterocycles. The lowest BCUT2D eigenvalue weighted by Crippen LogP contribution is -2.17. The molecule has 0 aromatic carbocycles. The molecule has 2 fully saturated rings. The van der Waals surface area contributed by atoms with E-state index in [0.29, 0.717) is 23.9 Å². The molecule has 1 aliphatic heterocycles. The Kier molecular flexibility index (Phi) is 3.87. The summed E-state index contributed by atoms with van der Waals surface area (Å²) in [6.45, 7) is 1.86. The summed E-state index contributed by atoms with van der Waals surface area (Å²) in [5.41, 5.74) is 2.11. The van der Waals surface area contributed by atoms with Crippen LogP contribution in [0, 0.1) is 6.92 Å². The third kappa shape index (κ3) is 3.44. The summed E-state index contributed by atoms with van der Waals surface area (Å²) in [5.74, 6) is 0.843. The van der Waals surface area contributed by atoms with Gasteiger partial charge in [-0.05, 0) is 44.4 Å². The smallest absolute Gasteiger partial charge is 0.277 e. The van der Waals surface area contributed by atoms with Gasteiger partial charge in [-0.15, -0.1) is 0 Å². The van der Waals surface area contributed by atoms with Gasteiger partial charge in [0.15, 0.2) is 15.5 Å². The van der Waals surface area contributed by atoms with Crippen LogP contribution in [0.1, 0.15) is 53.1 Å². The number of pyridine rings is 1. The number of anilines is 1. The van der Waals surface area contributed by atoms with E-state index in [9.17, 15) is 13.2 Å². The molecule has 1 amide bonds. The summed E-state index contributed by atoms with van der Waals surface area (Å²) in [7, 11) is -3.00. The molecule has 0 spiro atoms. The summed E-state index contributed by atoms with van der Waals surface area (Å²) in [6.07, 6.45) is 2.68. The van der Waals surface area contributed by atoms with Gasteiger partial charge in [-0.1, -0.05) is 6.07 Å². The van der Waals surface area contributed by atoms with Crippen LogP contribution in [-0.4, -0.2) is 40.6 Å². The molecule has 1 atom stereocenters. The molecule has 1 N–H and O–H groups in total. The second-order valence-electron chi connectivity index (χ2n) is 6.85. The van der Waals surface area contributed by atoms with Crippen LogP contribution in [0.5, 0.6) is 0 Å². The van der Waals surface area contributed by atoms with Crippen molar-refractivity contribution in [3.05, 3.63) is 41.3 Å². The molecule has 1 unspecified atom stereocenters. The third-order valence-electron chi connectivity index (χ3n) is 4.68. The maximum Gasteiger partial charge on any atom is 0.277 e. The van der Waals surface area contributed by atoms with Gasteiger partial charge in [0.25, 0.3) is 5.91 Å². The SMILES string of the molecule is Cc1cccc(NC(=O)c2cc(C3CC3)n(C3CCS(=O)(=O)C3)n2)n1. The third-order valence-corrected chi connectivity index (χ3v) is 6.43. The lowest BCUT2D eigenvalue weighted by atomic mass is 10.2. The van der Waals surface area contributed by atoms with Crippen LogP contribution in [-0.2, 0) is 9.84 Å². The summed E-state index contributed by atoms with van der Waals surface area (Å²) in [6, 6.07) is 7.05. The summed E-state index contributed by atoms with van der Waals surface area (Å²) < 4.78 is 25.4. The van der Waals surface area contributed by atoms with E-state index in [-0.39, 0.29) is 23.5 Å². The second-order valence-corrected chi connectivity index (χ2v) is 9.08. The second kappa shape index (κ2) is 5.94. The maximum absolute atomic E-state index is 12.5. The van der Waals surface area contributed by atoms with E-state index < -0.39 is 9.84 Å². The van der Waals surface area contributed by atoms with Crippen LogP contribution in [0.2, 0.25) is 0 Å². The fraction of sp³-hybridized carbons (Fsp3) is 0.471. The van der Waals surface area contributed by atoms with Gasteiger partial charge in [-0.2, -0.15) is 5.10 Å². The van der Waals surface area contributed by atoms with Gasteiger partial charge in [0.1, 0.15) is 5.82 Å². The van der Waals surface area contributed by atoms with E-state index in [1.165, 1.54) is 0 Å². The normalized spacial score (nSPS) is 22.0. The van der Waals surface area contributed by atoms with Gasteiger partial charge in [-0.3, -0.25) is 9.48 Å². The number of aromatic nitrogens is 3. The molecule has 3 heterocycles. The van der Waals surface area contributed by atoms with Gasteiger partial charge in [0.05, 0.1) is 17.5 Å². The van der Waals surface area contributed by atoms with E-state index >= 15 is 0 Å². The van der Waals surface area contributed by atoms with Crippen LogP contribution in [0.3, 0.4) is 0 Å². The largest absolute Gasteiger partial charge is 0.305 e. The first-order chi connectivity index (χ1) is 11.9. The first-order valence-corrected chi connectivity index (χ1v) is 10.3. The minimum Gasteiger partial charge on any atom is -0.305 e. The number of nitrogens with one attached hydrogen (secondary N) is 1. The van der Waals surface area contributed by atoms with E-state index in [0.717, 1.165) is 24.2 Å². The van der Waals surface area contributed by atoms with Crippen LogP contribution in [0.4, 0.5) is 5.82 Å². The fourth-order valence-electron chi connectivity index (χ4n) is 3.26. The predicted octanol–water partition coefficient (Wildman–Crippen LogP) is 2.08. The van der Waals surface area contributed by atoms with Crippen molar-refractivity contribution in [2.45, 2.75) is 38.1 Å². The highest BCUT2D eigenvalue weighted by Crippen LogP contribution is 2.42. The highest BCUT2D eigenvalue weighted by atomic mass is 32.2. The highest BCUT2D eigenvalue weighted by Gasteiger charge is 2.36. The standard InChI is InChI=1S/C17H20N4O3S/c1-11-3-2-4-16(18-11)19-17(22)14-9-15(12-5-6-12)21(20-14)13-7-8-25(23,24)10-13/h2-4,9,12-13H,5-8,10H2,1H3,(H,18,19,22). The molecule has 2 aromatic rings. The summed E-state index contributed by atoms with van der Waals surface area (Å²) >= 11 is 0. The Morgan fingerprint density at radius 1 is 1.28 bits per heavy atom. The monoisotopic (exact) mass is 360 g/mol. The number of rotatable bonds is 4. The van der Waals surface area contributed by atoms with Crippen LogP contribution in [0.15, 0.2) is 24.3 Å². The van der Waals surface area contributed by atoms with Crippen molar-refractivity contribution in [1.29, 1.82) is 0 Å². The van der Waals surface area contributed by atoms with Crippen molar-refractivity contribution in [2.24, 2.45) is 0 Å². The first-order valence-electron chi connectivity index (χ1n) is 8.46. The molecular formula is C17H20N4O3S. The zero-order valence-corrected chi connectivity index (χ0v) is 14.8. The summed E-state index contributed by atoms with van der Waals surface area (Å²) in [4.78, 5) is 16.8. The van der Waals surface area contributed by atoms with Crippen molar-refractivity contribution in [1.82, 2.24) is 14.8 Å². The zero-order valence-electron chi connectivity index (χ0n) is 14.0. The number of carbonyl (C=O) groups is 1. The molecular weight excluding hydrogens is 340 g/mol. The van der Waals surface area contributed by atoms with Crippen molar-refractivity contribution in [3.8, 4) is 0 Å². The maximum atomic E-state index is 12.5. The topological polar surface area (TPSA) is 94.0 Å². The Morgan fingerprint density at radius 3 is 2.72 bits per heavy atom. The number of carbonyl (C=O) groups excluding carboxylic acids is 1. The quantitative estimate of drug-likeness (QED) is 0.901. The summed E-state index contributed by atoms with van der Waals surface area (Å²) in [5, 5.41) is 7.21. The first kappa shape index (κ1) is 16.3. The lowest BCUT2D eigenvalue weighted by Gasteiger charge is -2.12. The predicted molar refractivity (Wildman–Crippen MR) is 93.4 cm³/mol. The molecule has 1 saturated carbocycles. The molecule has 0 bridgehead atoms. The van der Waals surface area contributed by atoms with E-state index in [4.69, 9.17) is 0 Å². The molecule has 2 aromatic heterocycles.